The van der Waals surface area contributed by atoms with Crippen molar-refractivity contribution in [3.05, 3.63) is 102 Å². The molecule has 4 nitrogen and oxygen atoms in total. The summed E-state index contributed by atoms with van der Waals surface area (Å²) in [7, 11) is 0. The maximum absolute atomic E-state index is 13.2. The third-order valence-electron chi connectivity index (χ3n) is 4.68. The monoisotopic (exact) mass is 390 g/mol. The van der Waals surface area contributed by atoms with Crippen LogP contribution in [0.1, 0.15) is 24.0 Å². The summed E-state index contributed by atoms with van der Waals surface area (Å²) in [5, 5.41) is 2.94. The number of carbonyl (C=O) groups excluding carboxylic acids is 2. The highest BCUT2D eigenvalue weighted by Crippen LogP contribution is 2.24. The van der Waals surface area contributed by atoms with Crippen LogP contribution in [0, 0.1) is 5.82 Å². The lowest BCUT2D eigenvalue weighted by atomic mass is 9.90. The molecule has 0 aromatic heterocycles. The van der Waals surface area contributed by atoms with Crippen molar-refractivity contribution in [3.63, 3.8) is 0 Å². The maximum atomic E-state index is 13.2. The van der Waals surface area contributed by atoms with Crippen molar-refractivity contribution in [1.82, 2.24) is 5.32 Å². The smallest absolute Gasteiger partial charge is 0.232 e. The lowest BCUT2D eigenvalue weighted by Gasteiger charge is -2.23. The fourth-order valence-electron chi connectivity index (χ4n) is 3.27. The molecule has 3 rings (SSSR count). The van der Waals surface area contributed by atoms with E-state index in [1.807, 2.05) is 60.7 Å². The van der Waals surface area contributed by atoms with Crippen molar-refractivity contribution in [2.75, 3.05) is 18.0 Å². The first-order valence-corrected chi connectivity index (χ1v) is 9.47. The highest BCUT2D eigenvalue weighted by Gasteiger charge is 2.22. The number of benzene rings is 3. The zero-order valence-corrected chi connectivity index (χ0v) is 16.2. The zero-order chi connectivity index (χ0) is 20.6. The minimum absolute atomic E-state index is 0.134. The number of amides is 2. The Balaban J connectivity index is 1.71. The number of anilines is 1. The Kier molecular flexibility index (Phi) is 6.74. The standard InChI is InChI=1S/C24H23FN2O2/c1-18(28)27(22-14-12-21(25)13-15-22)17-16-26-24(29)23(19-8-4-2-5-9-19)20-10-6-3-7-11-20/h2-15,23H,16-17H2,1H3,(H,26,29). The van der Waals surface area contributed by atoms with E-state index < -0.39 is 5.92 Å². The molecular weight excluding hydrogens is 367 g/mol. The van der Waals surface area contributed by atoms with E-state index in [0.29, 0.717) is 12.2 Å². The van der Waals surface area contributed by atoms with Crippen LogP contribution in [0.25, 0.3) is 0 Å². The van der Waals surface area contributed by atoms with Crippen molar-refractivity contribution < 1.29 is 14.0 Å². The minimum atomic E-state index is -0.436. The molecule has 0 aliphatic carbocycles. The summed E-state index contributed by atoms with van der Waals surface area (Å²) < 4.78 is 13.2. The lowest BCUT2D eigenvalue weighted by Crippen LogP contribution is -2.39. The van der Waals surface area contributed by atoms with E-state index in [4.69, 9.17) is 0 Å². The van der Waals surface area contributed by atoms with Crippen molar-refractivity contribution in [3.8, 4) is 0 Å². The first-order chi connectivity index (χ1) is 14.1. The Morgan fingerprint density at radius 3 is 1.86 bits per heavy atom. The molecule has 148 valence electrons. The van der Waals surface area contributed by atoms with Crippen LogP contribution in [-0.2, 0) is 9.59 Å². The van der Waals surface area contributed by atoms with E-state index in [2.05, 4.69) is 5.32 Å². The van der Waals surface area contributed by atoms with Gasteiger partial charge in [-0.05, 0) is 35.4 Å². The van der Waals surface area contributed by atoms with Crippen LogP contribution in [-0.4, -0.2) is 24.9 Å². The third kappa shape index (κ3) is 5.29. The molecule has 0 radical (unpaired) electrons. The van der Waals surface area contributed by atoms with E-state index in [9.17, 15) is 14.0 Å². The maximum Gasteiger partial charge on any atom is 0.232 e. The number of hydrogen-bond donors (Lipinski definition) is 1. The van der Waals surface area contributed by atoms with E-state index in [1.165, 1.54) is 24.0 Å². The molecule has 3 aromatic rings. The second kappa shape index (κ2) is 9.64. The van der Waals surface area contributed by atoms with E-state index in [1.54, 1.807) is 12.1 Å². The van der Waals surface area contributed by atoms with Crippen LogP contribution in [0.15, 0.2) is 84.9 Å². The molecule has 1 N–H and O–H groups in total. The van der Waals surface area contributed by atoms with Crippen LogP contribution >= 0.6 is 0 Å². The van der Waals surface area contributed by atoms with Gasteiger partial charge in [0.2, 0.25) is 11.8 Å². The molecule has 0 aliphatic heterocycles. The summed E-state index contributed by atoms with van der Waals surface area (Å²) in [6.45, 7) is 2.02. The van der Waals surface area contributed by atoms with Gasteiger partial charge in [0.1, 0.15) is 5.82 Å². The topological polar surface area (TPSA) is 49.4 Å². The molecule has 0 heterocycles. The van der Waals surface area contributed by atoms with E-state index in [-0.39, 0.29) is 24.2 Å². The van der Waals surface area contributed by atoms with Crippen LogP contribution in [0.4, 0.5) is 10.1 Å². The molecule has 0 saturated heterocycles. The second-order valence-corrected chi connectivity index (χ2v) is 6.69. The molecule has 29 heavy (non-hydrogen) atoms. The summed E-state index contributed by atoms with van der Waals surface area (Å²) in [6, 6.07) is 24.9. The summed E-state index contributed by atoms with van der Waals surface area (Å²) in [5.41, 5.74) is 2.40. The van der Waals surface area contributed by atoms with Crippen molar-refractivity contribution in [2.24, 2.45) is 0 Å². The molecule has 2 amide bonds. The largest absolute Gasteiger partial charge is 0.353 e. The first kappa shape index (κ1) is 20.3. The van der Waals surface area contributed by atoms with Crippen LogP contribution in [0.5, 0.6) is 0 Å². The van der Waals surface area contributed by atoms with Gasteiger partial charge in [0.15, 0.2) is 0 Å². The summed E-state index contributed by atoms with van der Waals surface area (Å²) in [4.78, 5) is 26.5. The van der Waals surface area contributed by atoms with Gasteiger partial charge in [-0.3, -0.25) is 9.59 Å². The molecule has 0 aliphatic rings. The van der Waals surface area contributed by atoms with Crippen molar-refractivity contribution >= 4 is 17.5 Å². The molecule has 0 unspecified atom stereocenters. The summed E-state index contributed by atoms with van der Waals surface area (Å²) in [5.74, 6) is -1.10. The normalized spacial score (nSPS) is 10.6. The van der Waals surface area contributed by atoms with E-state index >= 15 is 0 Å². The second-order valence-electron chi connectivity index (χ2n) is 6.69. The average molecular weight is 390 g/mol. The molecule has 0 spiro atoms. The first-order valence-electron chi connectivity index (χ1n) is 9.47. The number of nitrogens with zero attached hydrogens (tertiary/aromatic N) is 1. The van der Waals surface area contributed by atoms with Crippen LogP contribution < -0.4 is 10.2 Å². The Labute approximate surface area is 170 Å². The van der Waals surface area contributed by atoms with Gasteiger partial charge in [-0.2, -0.15) is 0 Å². The Morgan fingerprint density at radius 1 is 0.862 bits per heavy atom. The van der Waals surface area contributed by atoms with E-state index in [0.717, 1.165) is 11.1 Å². The van der Waals surface area contributed by atoms with Gasteiger partial charge in [-0.15, -0.1) is 0 Å². The molecule has 0 fully saturated rings. The van der Waals surface area contributed by atoms with Crippen molar-refractivity contribution in [1.29, 1.82) is 0 Å². The molecule has 0 bridgehead atoms. The molecule has 3 aromatic carbocycles. The molecular formula is C24H23FN2O2. The van der Waals surface area contributed by atoms with Gasteiger partial charge < -0.3 is 10.2 Å². The molecule has 5 heteroatoms. The van der Waals surface area contributed by atoms with Crippen LogP contribution in [0.2, 0.25) is 0 Å². The average Bonchev–Trinajstić information content (AvgIpc) is 2.74. The predicted octanol–water partition coefficient (Wildman–Crippen LogP) is 4.13. The van der Waals surface area contributed by atoms with Crippen molar-refractivity contribution in [2.45, 2.75) is 12.8 Å². The van der Waals surface area contributed by atoms with Gasteiger partial charge >= 0.3 is 0 Å². The minimum Gasteiger partial charge on any atom is -0.353 e. The third-order valence-corrected chi connectivity index (χ3v) is 4.68. The zero-order valence-electron chi connectivity index (χ0n) is 16.2. The summed E-state index contributed by atoms with van der Waals surface area (Å²) in [6.07, 6.45) is 0. The Hall–Kier alpha value is -3.47. The fourth-order valence-corrected chi connectivity index (χ4v) is 3.27. The number of rotatable bonds is 7. The number of hydrogen-bond acceptors (Lipinski definition) is 2. The number of nitrogens with one attached hydrogen (secondary N) is 1. The molecule has 0 saturated carbocycles. The Bertz CT molecular complexity index is 904. The predicted molar refractivity (Wildman–Crippen MR) is 112 cm³/mol. The van der Waals surface area contributed by atoms with Gasteiger partial charge in [-0.25, -0.2) is 4.39 Å². The molecule has 0 atom stereocenters. The van der Waals surface area contributed by atoms with Crippen LogP contribution in [0.3, 0.4) is 0 Å². The van der Waals surface area contributed by atoms with Gasteiger partial charge in [0.05, 0.1) is 5.92 Å². The highest BCUT2D eigenvalue weighted by molar-refractivity contribution is 5.91. The Morgan fingerprint density at radius 2 is 1.38 bits per heavy atom. The quantitative estimate of drug-likeness (QED) is 0.660. The van der Waals surface area contributed by atoms with Gasteiger partial charge in [-0.1, -0.05) is 60.7 Å². The van der Waals surface area contributed by atoms with Gasteiger partial charge in [0, 0.05) is 25.7 Å². The highest BCUT2D eigenvalue weighted by atomic mass is 19.1. The lowest BCUT2D eigenvalue weighted by molar-refractivity contribution is -0.122. The number of carbonyl (C=O) groups is 2. The fraction of sp³-hybridized carbons (Fsp3) is 0.167. The SMILES string of the molecule is CC(=O)N(CCNC(=O)C(c1ccccc1)c1ccccc1)c1ccc(F)cc1. The van der Waals surface area contributed by atoms with Gasteiger partial charge in [0.25, 0.3) is 0 Å². The summed E-state index contributed by atoms with van der Waals surface area (Å²) >= 11 is 0. The number of halogens is 1.